The van der Waals surface area contributed by atoms with E-state index in [1.165, 1.54) is 22.6 Å². The van der Waals surface area contributed by atoms with Crippen molar-refractivity contribution >= 4 is 12.2 Å². The van der Waals surface area contributed by atoms with Crippen molar-refractivity contribution in [3.05, 3.63) is 230 Å². The van der Waals surface area contributed by atoms with Gasteiger partial charge in [-0.25, -0.2) is 61.5 Å². The van der Waals surface area contributed by atoms with Crippen LogP contribution in [0.3, 0.4) is 0 Å². The first-order valence-electron chi connectivity index (χ1n) is 17.9. The number of halogens is 20. The van der Waals surface area contributed by atoms with E-state index in [1.807, 2.05) is 0 Å². The molecule has 0 saturated carbocycles. The predicted molar refractivity (Wildman–Crippen MR) is 192 cm³/mol. The fourth-order valence-electron chi connectivity index (χ4n) is 6.03. The average molecular weight is 970 g/mol. The smallest absolute Gasteiger partial charge is 0.587 e. The normalized spacial score (nSPS) is 11.3. The SMILES string of the molecule is Fc1c(F)c(F)c(O[B-](Oc2c(F)c(F)c(F)c(F)c2F)(Oc2c(F)c(F)c(F)c(F)c2F)c2c(F)c(F)c(F)c(F)c2F)c(F)c1F.c1ccc([C+](c2ccccc2)c2ccccc2)cc1. The molecule has 0 aliphatic carbocycles. The molecular weight excluding hydrogens is 955 g/mol. The Hall–Kier alpha value is -7.53. The van der Waals surface area contributed by atoms with Crippen LogP contribution in [0.4, 0.5) is 87.8 Å². The van der Waals surface area contributed by atoms with Crippen molar-refractivity contribution in [2.75, 3.05) is 0 Å². The summed E-state index contributed by atoms with van der Waals surface area (Å²) < 4.78 is 297. The van der Waals surface area contributed by atoms with Gasteiger partial charge < -0.3 is 14.0 Å². The molecule has 0 atom stereocenters. The molecule has 0 aromatic heterocycles. The molecule has 3 nitrogen and oxygen atoms in total. The van der Waals surface area contributed by atoms with E-state index in [9.17, 15) is 79.0 Å². The van der Waals surface area contributed by atoms with Crippen molar-refractivity contribution in [2.24, 2.45) is 0 Å². The van der Waals surface area contributed by atoms with E-state index in [4.69, 9.17) is 0 Å². The lowest BCUT2D eigenvalue weighted by Crippen LogP contribution is -2.67. The molecule has 0 amide bonds. The first-order valence-corrected chi connectivity index (χ1v) is 17.9. The Bertz CT molecular complexity index is 2630. The number of hydrogen-bond acceptors (Lipinski definition) is 3. The van der Waals surface area contributed by atoms with Gasteiger partial charge in [0.05, 0.1) is 22.6 Å². The van der Waals surface area contributed by atoms with E-state index in [1.54, 1.807) is 0 Å². The first-order chi connectivity index (χ1) is 31.6. The number of rotatable bonds is 10. The van der Waals surface area contributed by atoms with Gasteiger partial charge in [-0.3, -0.25) is 0 Å². The first kappa shape index (κ1) is 48.9. The summed E-state index contributed by atoms with van der Waals surface area (Å²) >= 11 is 0. The summed E-state index contributed by atoms with van der Waals surface area (Å²) in [4.78, 5) is 0. The highest BCUT2D eigenvalue weighted by molar-refractivity contribution is 6.77. The Balaban J connectivity index is 0.000000321. The van der Waals surface area contributed by atoms with E-state index in [2.05, 4.69) is 105 Å². The minimum atomic E-state index is -6.89. The lowest BCUT2D eigenvalue weighted by atomic mass is 9.67. The third-order valence-corrected chi connectivity index (χ3v) is 9.11. The molecule has 0 heterocycles. The van der Waals surface area contributed by atoms with Crippen molar-refractivity contribution in [2.45, 2.75) is 0 Å². The van der Waals surface area contributed by atoms with Crippen molar-refractivity contribution < 1.29 is 102 Å². The van der Waals surface area contributed by atoms with Gasteiger partial charge in [0.1, 0.15) is 11.6 Å². The van der Waals surface area contributed by atoms with Crippen LogP contribution in [0.15, 0.2) is 91.0 Å². The van der Waals surface area contributed by atoms with Crippen molar-refractivity contribution in [3.8, 4) is 17.2 Å². The Morgan fingerprint density at radius 2 is 0.418 bits per heavy atom. The van der Waals surface area contributed by atoms with E-state index in [0.717, 1.165) is 0 Å². The van der Waals surface area contributed by atoms with Gasteiger partial charge in [-0.15, -0.1) is 0 Å². The van der Waals surface area contributed by atoms with E-state index >= 15 is 8.78 Å². The molecule has 67 heavy (non-hydrogen) atoms. The molecule has 7 aromatic carbocycles. The molecule has 0 N–H and O–H groups in total. The van der Waals surface area contributed by atoms with Gasteiger partial charge in [0.2, 0.25) is 87.3 Å². The molecule has 7 rings (SSSR count). The van der Waals surface area contributed by atoms with Crippen LogP contribution in [0, 0.1) is 122 Å². The maximum Gasteiger partial charge on any atom is 0.587 e. The maximum absolute atomic E-state index is 15.1. The summed E-state index contributed by atoms with van der Waals surface area (Å²) in [5, 5.41) is 0. The average Bonchev–Trinajstić information content (AvgIpc) is 3.34. The fourth-order valence-corrected chi connectivity index (χ4v) is 6.03. The maximum atomic E-state index is 15.1. The van der Waals surface area contributed by atoms with Crippen LogP contribution in [-0.4, -0.2) is 6.75 Å². The van der Waals surface area contributed by atoms with Gasteiger partial charge in [0.15, 0.2) is 34.7 Å². The Kier molecular flexibility index (Phi) is 14.0. The van der Waals surface area contributed by atoms with Crippen LogP contribution < -0.4 is 19.4 Å². The third-order valence-electron chi connectivity index (χ3n) is 9.11. The molecular formula is C43H15BF20O3. The molecule has 0 aliphatic heterocycles. The molecule has 24 heteroatoms. The van der Waals surface area contributed by atoms with Gasteiger partial charge in [0, 0.05) is 5.46 Å². The highest BCUT2D eigenvalue weighted by Crippen LogP contribution is 2.39. The molecule has 0 fully saturated rings. The predicted octanol–water partition coefficient (Wildman–Crippen LogP) is 12.6. The third kappa shape index (κ3) is 8.81. The van der Waals surface area contributed by atoms with Crippen LogP contribution in [0.2, 0.25) is 0 Å². The summed E-state index contributed by atoms with van der Waals surface area (Å²) in [6.07, 6.45) is 0. The van der Waals surface area contributed by atoms with Crippen LogP contribution in [0.5, 0.6) is 17.2 Å². The molecule has 348 valence electrons. The lowest BCUT2D eigenvalue weighted by molar-refractivity contribution is 0.225. The molecule has 0 saturated heterocycles. The summed E-state index contributed by atoms with van der Waals surface area (Å²) in [5.41, 5.74) is 0.392. The van der Waals surface area contributed by atoms with Crippen molar-refractivity contribution in [3.63, 3.8) is 0 Å². The second-order valence-electron chi connectivity index (χ2n) is 13.1. The van der Waals surface area contributed by atoms with Gasteiger partial charge in [-0.2, -0.15) is 26.3 Å². The largest absolute Gasteiger partial charge is 0.641 e. The number of hydrogen-bond donors (Lipinski definition) is 0. The molecule has 0 radical (unpaired) electrons. The second-order valence-corrected chi connectivity index (χ2v) is 13.1. The zero-order valence-corrected chi connectivity index (χ0v) is 32.0. The Labute approximate surface area is 361 Å². The summed E-state index contributed by atoms with van der Waals surface area (Å²) in [7, 11) is 0. The standard InChI is InChI=1S/C24BF20O3.C19H15/c26-2-1(3(27)5(29)6(30)4(2)28)25(46-22-16(40)10(34)7(31)11(35)17(22)41,47-23-18(42)12(36)8(32)13(37)19(23)43)48-24-20(44)14(38)9(33)15(39)21(24)45;1-4-10-16(11-5-1)19(17-12-6-2-7-13-17)18-14-8-3-9-15-18/h;1-15H/q-1;+1. The zero-order valence-electron chi connectivity index (χ0n) is 32.0. The quantitative estimate of drug-likeness (QED) is 0.0341. The summed E-state index contributed by atoms with van der Waals surface area (Å²) in [5.74, 6) is -74.4. The number of benzene rings is 7. The molecule has 7 aromatic rings. The van der Waals surface area contributed by atoms with Gasteiger partial charge in [0.25, 0.3) is 0 Å². The van der Waals surface area contributed by atoms with Crippen LogP contribution >= 0.6 is 0 Å². The van der Waals surface area contributed by atoms with Crippen molar-refractivity contribution in [1.82, 2.24) is 0 Å². The summed E-state index contributed by atoms with van der Waals surface area (Å²) in [6.45, 7) is -6.89. The van der Waals surface area contributed by atoms with Crippen LogP contribution in [0.25, 0.3) is 0 Å². The Morgan fingerprint density at radius 3 is 0.627 bits per heavy atom. The van der Waals surface area contributed by atoms with Gasteiger partial charge in [-0.05, 0) is 72.8 Å². The topological polar surface area (TPSA) is 27.7 Å². The lowest BCUT2D eigenvalue weighted by Gasteiger charge is -2.43. The van der Waals surface area contributed by atoms with Crippen LogP contribution in [-0.2, 0) is 0 Å². The highest BCUT2D eigenvalue weighted by atomic mass is 19.2. The minimum Gasteiger partial charge on any atom is -0.641 e. The highest BCUT2D eigenvalue weighted by Gasteiger charge is 2.51. The molecule has 0 aliphatic rings. The van der Waals surface area contributed by atoms with E-state index < -0.39 is 146 Å². The van der Waals surface area contributed by atoms with Gasteiger partial charge >= 0.3 is 6.75 Å². The second kappa shape index (κ2) is 19.1. The van der Waals surface area contributed by atoms with E-state index in [0.29, 0.717) is 0 Å². The van der Waals surface area contributed by atoms with E-state index in [-0.39, 0.29) is 0 Å². The van der Waals surface area contributed by atoms with Gasteiger partial charge in [-0.1, -0.05) is 18.2 Å². The minimum absolute atomic E-state index is 1.25. The molecule has 0 bridgehead atoms. The van der Waals surface area contributed by atoms with Crippen LogP contribution in [0.1, 0.15) is 16.7 Å². The molecule has 0 unspecified atom stereocenters. The fraction of sp³-hybridized carbons (Fsp3) is 0. The Morgan fingerprint density at radius 1 is 0.239 bits per heavy atom. The monoisotopic (exact) mass is 970 g/mol. The summed E-state index contributed by atoms with van der Waals surface area (Å²) in [6, 6.07) is 31.6. The zero-order chi connectivity index (χ0) is 49.4. The molecule has 0 spiro atoms. The van der Waals surface area contributed by atoms with Crippen molar-refractivity contribution in [1.29, 1.82) is 0 Å².